The molecule has 142 valence electrons. The van der Waals surface area contributed by atoms with Gasteiger partial charge in [0.05, 0.1) is 11.5 Å². The van der Waals surface area contributed by atoms with Crippen molar-refractivity contribution in [2.45, 2.75) is 64.0 Å². The number of nitrogens with zero attached hydrogens (tertiary/aromatic N) is 3. The smallest absolute Gasteiger partial charge is 0.230 e. The van der Waals surface area contributed by atoms with E-state index in [0.717, 1.165) is 80.4 Å². The van der Waals surface area contributed by atoms with Crippen LogP contribution in [0.15, 0.2) is 16.7 Å². The first kappa shape index (κ1) is 18.2. The van der Waals surface area contributed by atoms with Crippen molar-refractivity contribution in [1.82, 2.24) is 9.88 Å². The normalized spacial score (nSPS) is 32.5. The predicted octanol–water partition coefficient (Wildman–Crippen LogP) is 3.27. The second-order valence-electron chi connectivity index (χ2n) is 8.31. The van der Waals surface area contributed by atoms with Crippen LogP contribution in [0.5, 0.6) is 0 Å². The van der Waals surface area contributed by atoms with Gasteiger partial charge >= 0.3 is 0 Å². The van der Waals surface area contributed by atoms with Gasteiger partial charge in [-0.25, -0.2) is 4.98 Å². The lowest BCUT2D eigenvalue weighted by atomic mass is 9.78. The summed E-state index contributed by atoms with van der Waals surface area (Å²) in [5.41, 5.74) is 0.912. The minimum absolute atomic E-state index is 0.172. The molecule has 1 amide bonds. The molecule has 1 aliphatic carbocycles. The molecule has 1 unspecified atom stereocenters. The highest BCUT2D eigenvalue weighted by atomic mass is 79.9. The van der Waals surface area contributed by atoms with E-state index < -0.39 is 0 Å². The van der Waals surface area contributed by atoms with Crippen molar-refractivity contribution in [3.05, 3.63) is 22.3 Å². The number of rotatable bonds is 2. The molecule has 3 heterocycles. The van der Waals surface area contributed by atoms with Gasteiger partial charge in [0, 0.05) is 36.3 Å². The molecule has 1 saturated carbocycles. The van der Waals surface area contributed by atoms with Crippen LogP contribution < -0.4 is 4.90 Å². The summed E-state index contributed by atoms with van der Waals surface area (Å²) < 4.78 is 0.994. The monoisotopic (exact) mass is 421 g/mol. The van der Waals surface area contributed by atoms with Crippen LogP contribution in [-0.4, -0.2) is 52.7 Å². The van der Waals surface area contributed by atoms with Crippen LogP contribution in [0.1, 0.15) is 50.5 Å². The number of carbonyl (C=O) groups is 1. The molecule has 1 spiro atoms. The van der Waals surface area contributed by atoms with Crippen LogP contribution >= 0.6 is 15.9 Å². The Bertz CT molecular complexity index is 690. The Morgan fingerprint density at radius 2 is 2.00 bits per heavy atom. The molecule has 6 heteroatoms. The van der Waals surface area contributed by atoms with Crippen LogP contribution in [0.25, 0.3) is 0 Å². The summed E-state index contributed by atoms with van der Waals surface area (Å²) in [6, 6.07) is 2.42. The van der Waals surface area contributed by atoms with Crippen molar-refractivity contribution in [2.75, 3.05) is 24.5 Å². The first-order chi connectivity index (χ1) is 12.5. The zero-order chi connectivity index (χ0) is 18.3. The number of aryl methyl sites for hydroxylation is 1. The third kappa shape index (κ3) is 3.26. The molecular formula is C20H28BrN3O2. The summed E-state index contributed by atoms with van der Waals surface area (Å²) in [6.45, 7) is 4.72. The molecule has 3 aliphatic rings. The molecule has 3 fully saturated rings. The highest BCUT2D eigenvalue weighted by Gasteiger charge is 2.50. The van der Waals surface area contributed by atoms with Crippen LogP contribution in [0.4, 0.5) is 5.82 Å². The van der Waals surface area contributed by atoms with Crippen molar-refractivity contribution >= 4 is 27.7 Å². The number of piperidine rings is 1. The predicted molar refractivity (Wildman–Crippen MR) is 105 cm³/mol. The molecule has 2 saturated heterocycles. The van der Waals surface area contributed by atoms with E-state index in [-0.39, 0.29) is 11.5 Å². The van der Waals surface area contributed by atoms with Crippen LogP contribution in [0.2, 0.25) is 0 Å². The fraction of sp³-hybridized carbons (Fsp3) is 0.700. The number of hydrogen-bond donors (Lipinski definition) is 1. The third-order valence-electron chi connectivity index (χ3n) is 6.55. The van der Waals surface area contributed by atoms with E-state index in [2.05, 4.69) is 43.7 Å². The number of likely N-dealkylation sites (tertiary alicyclic amines) is 1. The Hall–Kier alpha value is -1.14. The molecule has 1 aromatic rings. The molecule has 2 aliphatic heterocycles. The fourth-order valence-corrected chi connectivity index (χ4v) is 5.57. The number of halogens is 1. The van der Waals surface area contributed by atoms with E-state index in [1.165, 1.54) is 0 Å². The van der Waals surface area contributed by atoms with Crippen molar-refractivity contribution < 1.29 is 9.90 Å². The minimum atomic E-state index is -0.241. The van der Waals surface area contributed by atoms with Gasteiger partial charge in [-0.2, -0.15) is 0 Å². The van der Waals surface area contributed by atoms with Crippen LogP contribution in [0.3, 0.4) is 0 Å². The van der Waals surface area contributed by atoms with E-state index >= 15 is 0 Å². The van der Waals surface area contributed by atoms with Gasteiger partial charge in [0.2, 0.25) is 5.91 Å². The largest absolute Gasteiger partial charge is 0.393 e. The van der Waals surface area contributed by atoms with Crippen LogP contribution in [-0.2, 0) is 4.79 Å². The SMILES string of the molecule is Cc1cc(Br)cnc1N1CCCC2(CCN(C3CCC(O)CC3)C2=O)C1. The minimum Gasteiger partial charge on any atom is -0.393 e. The molecule has 1 N–H and O–H groups in total. The topological polar surface area (TPSA) is 56.7 Å². The molecule has 1 atom stereocenters. The van der Waals surface area contributed by atoms with Crippen LogP contribution in [0, 0.1) is 12.3 Å². The fourth-order valence-electron chi connectivity index (χ4n) is 5.12. The zero-order valence-electron chi connectivity index (χ0n) is 15.5. The van der Waals surface area contributed by atoms with Crippen molar-refractivity contribution in [1.29, 1.82) is 0 Å². The second kappa shape index (κ2) is 7.12. The lowest BCUT2D eigenvalue weighted by molar-refractivity contribution is -0.139. The number of aliphatic hydroxyl groups excluding tert-OH is 1. The molecule has 5 nitrogen and oxygen atoms in total. The quantitative estimate of drug-likeness (QED) is 0.795. The zero-order valence-corrected chi connectivity index (χ0v) is 17.0. The van der Waals surface area contributed by atoms with E-state index in [1.54, 1.807) is 0 Å². The van der Waals surface area contributed by atoms with E-state index in [0.29, 0.717) is 11.9 Å². The lowest BCUT2D eigenvalue weighted by Crippen LogP contribution is -2.50. The number of aromatic nitrogens is 1. The number of carbonyl (C=O) groups excluding carboxylic acids is 1. The average Bonchev–Trinajstić information content (AvgIpc) is 2.92. The van der Waals surface area contributed by atoms with Gasteiger partial charge in [0.25, 0.3) is 0 Å². The Balaban J connectivity index is 1.50. The summed E-state index contributed by atoms with van der Waals surface area (Å²) in [7, 11) is 0. The summed E-state index contributed by atoms with van der Waals surface area (Å²) in [5.74, 6) is 1.36. The molecule has 4 rings (SSSR count). The first-order valence-electron chi connectivity index (χ1n) is 9.85. The van der Waals surface area contributed by atoms with Gasteiger partial charge in [-0.3, -0.25) is 4.79 Å². The molecule has 0 bridgehead atoms. The van der Waals surface area contributed by atoms with Gasteiger partial charge in [0.1, 0.15) is 5.82 Å². The Kier molecular flexibility index (Phi) is 4.99. The maximum absolute atomic E-state index is 13.4. The number of hydrogen-bond acceptors (Lipinski definition) is 4. The average molecular weight is 422 g/mol. The summed E-state index contributed by atoms with van der Waals surface area (Å²) in [5, 5.41) is 9.76. The molecule has 1 aromatic heterocycles. The van der Waals surface area contributed by atoms with E-state index in [9.17, 15) is 9.90 Å². The van der Waals surface area contributed by atoms with E-state index in [4.69, 9.17) is 0 Å². The highest BCUT2D eigenvalue weighted by molar-refractivity contribution is 9.10. The molecular weight excluding hydrogens is 394 g/mol. The van der Waals surface area contributed by atoms with Gasteiger partial charge in [0.15, 0.2) is 0 Å². The van der Waals surface area contributed by atoms with Gasteiger partial charge in [-0.15, -0.1) is 0 Å². The maximum Gasteiger partial charge on any atom is 0.230 e. The lowest BCUT2D eigenvalue weighted by Gasteiger charge is -2.41. The Morgan fingerprint density at radius 3 is 2.73 bits per heavy atom. The highest BCUT2D eigenvalue weighted by Crippen LogP contribution is 2.43. The van der Waals surface area contributed by atoms with Crippen molar-refractivity contribution in [3.63, 3.8) is 0 Å². The Morgan fingerprint density at radius 1 is 1.23 bits per heavy atom. The Labute approximate surface area is 163 Å². The number of amides is 1. The van der Waals surface area contributed by atoms with E-state index in [1.807, 2.05) is 6.20 Å². The number of anilines is 1. The van der Waals surface area contributed by atoms with Gasteiger partial charge in [-0.05, 0) is 79.4 Å². The molecule has 26 heavy (non-hydrogen) atoms. The summed E-state index contributed by atoms with van der Waals surface area (Å²) in [4.78, 5) is 22.5. The molecule has 0 radical (unpaired) electrons. The standard InChI is InChI=1S/C20H28BrN3O2/c1-14-11-15(21)12-22-18(14)23-9-2-7-20(13-23)8-10-24(19(20)26)16-3-5-17(25)6-4-16/h11-12,16-17,25H,2-10,13H2,1H3. The van der Waals surface area contributed by atoms with Crippen molar-refractivity contribution in [3.8, 4) is 0 Å². The number of aliphatic hydroxyl groups is 1. The molecule has 0 aromatic carbocycles. The number of pyridine rings is 1. The summed E-state index contributed by atoms with van der Waals surface area (Å²) >= 11 is 3.49. The third-order valence-corrected chi connectivity index (χ3v) is 6.98. The second-order valence-corrected chi connectivity index (χ2v) is 9.23. The summed E-state index contributed by atoms with van der Waals surface area (Å²) in [6.07, 6.45) is 8.21. The van der Waals surface area contributed by atoms with Gasteiger partial charge < -0.3 is 14.9 Å². The first-order valence-corrected chi connectivity index (χ1v) is 10.6. The van der Waals surface area contributed by atoms with Gasteiger partial charge in [-0.1, -0.05) is 0 Å². The maximum atomic E-state index is 13.4. The van der Waals surface area contributed by atoms with Crippen molar-refractivity contribution in [2.24, 2.45) is 5.41 Å².